The van der Waals surface area contributed by atoms with Crippen LogP contribution in [0.5, 0.6) is 17.2 Å². The molecular formula is C15H19NO7. The molecule has 1 aromatic carbocycles. The summed E-state index contributed by atoms with van der Waals surface area (Å²) in [5, 5.41) is 11.6. The summed E-state index contributed by atoms with van der Waals surface area (Å²) < 4.78 is 20.9. The van der Waals surface area contributed by atoms with Gasteiger partial charge < -0.3 is 29.4 Å². The highest BCUT2D eigenvalue weighted by molar-refractivity contribution is 5.96. The van der Waals surface area contributed by atoms with Crippen LogP contribution in [0.2, 0.25) is 0 Å². The van der Waals surface area contributed by atoms with E-state index < -0.39 is 24.1 Å². The second-order valence-corrected chi connectivity index (χ2v) is 4.90. The van der Waals surface area contributed by atoms with Crippen molar-refractivity contribution < 1.29 is 33.6 Å². The number of rotatable bonds is 6. The summed E-state index contributed by atoms with van der Waals surface area (Å²) >= 11 is 0. The van der Waals surface area contributed by atoms with Crippen LogP contribution in [0.3, 0.4) is 0 Å². The highest BCUT2D eigenvalue weighted by Crippen LogP contribution is 2.42. The molecule has 1 heterocycles. The molecule has 2 rings (SSSR count). The molecule has 0 unspecified atom stereocenters. The molecule has 0 spiro atoms. The van der Waals surface area contributed by atoms with Gasteiger partial charge in [-0.05, 0) is 25.0 Å². The summed E-state index contributed by atoms with van der Waals surface area (Å²) in [5.74, 6) is -0.370. The van der Waals surface area contributed by atoms with Crippen molar-refractivity contribution in [1.29, 1.82) is 0 Å². The van der Waals surface area contributed by atoms with E-state index in [0.29, 0.717) is 35.8 Å². The second kappa shape index (κ2) is 7.19. The number of hydrogen-bond acceptors (Lipinski definition) is 6. The SMILES string of the molecule is COc1ccc(NC(=O)[C@@H]2CC[C@H](C(=O)O)O2)c(OC)c1OC. The van der Waals surface area contributed by atoms with Gasteiger partial charge in [-0.2, -0.15) is 0 Å². The molecule has 2 atom stereocenters. The van der Waals surface area contributed by atoms with Crippen LogP contribution in [0.25, 0.3) is 0 Å². The van der Waals surface area contributed by atoms with Crippen molar-refractivity contribution in [2.24, 2.45) is 0 Å². The third-order valence-electron chi connectivity index (χ3n) is 3.55. The van der Waals surface area contributed by atoms with E-state index in [1.807, 2.05) is 0 Å². The molecule has 8 heteroatoms. The average Bonchev–Trinajstić information content (AvgIpc) is 3.04. The fourth-order valence-corrected chi connectivity index (χ4v) is 2.42. The number of methoxy groups -OCH3 is 3. The molecule has 0 bridgehead atoms. The number of ether oxygens (including phenoxy) is 4. The maximum absolute atomic E-state index is 12.2. The maximum Gasteiger partial charge on any atom is 0.332 e. The van der Waals surface area contributed by atoms with Crippen molar-refractivity contribution in [3.63, 3.8) is 0 Å². The van der Waals surface area contributed by atoms with Crippen LogP contribution < -0.4 is 19.5 Å². The lowest BCUT2D eigenvalue weighted by Crippen LogP contribution is -2.30. The van der Waals surface area contributed by atoms with Crippen molar-refractivity contribution in [3.8, 4) is 17.2 Å². The van der Waals surface area contributed by atoms with Gasteiger partial charge in [0.25, 0.3) is 5.91 Å². The second-order valence-electron chi connectivity index (χ2n) is 4.90. The largest absolute Gasteiger partial charge is 0.493 e. The molecule has 126 valence electrons. The van der Waals surface area contributed by atoms with Crippen molar-refractivity contribution in [1.82, 2.24) is 0 Å². The van der Waals surface area contributed by atoms with E-state index in [2.05, 4.69) is 5.32 Å². The molecule has 8 nitrogen and oxygen atoms in total. The van der Waals surface area contributed by atoms with Crippen LogP contribution in [0, 0.1) is 0 Å². The first-order valence-corrected chi connectivity index (χ1v) is 6.99. The summed E-state index contributed by atoms with van der Waals surface area (Å²) in [6, 6.07) is 3.24. The Morgan fingerprint density at radius 1 is 1.09 bits per heavy atom. The minimum absolute atomic E-state index is 0.302. The first kappa shape index (κ1) is 16.9. The number of anilines is 1. The van der Waals surface area contributed by atoms with Crippen LogP contribution in [-0.4, -0.2) is 50.5 Å². The van der Waals surface area contributed by atoms with Gasteiger partial charge in [0.05, 0.1) is 27.0 Å². The quantitative estimate of drug-likeness (QED) is 0.812. The van der Waals surface area contributed by atoms with Crippen LogP contribution >= 0.6 is 0 Å². The third-order valence-corrected chi connectivity index (χ3v) is 3.55. The lowest BCUT2D eigenvalue weighted by molar-refractivity contribution is -0.150. The van der Waals surface area contributed by atoms with Gasteiger partial charge in [-0.15, -0.1) is 0 Å². The number of carbonyl (C=O) groups is 2. The molecule has 1 saturated heterocycles. The molecule has 23 heavy (non-hydrogen) atoms. The number of carbonyl (C=O) groups excluding carboxylic acids is 1. The van der Waals surface area contributed by atoms with E-state index in [1.165, 1.54) is 21.3 Å². The Balaban J connectivity index is 2.17. The van der Waals surface area contributed by atoms with Crippen LogP contribution in [0.1, 0.15) is 12.8 Å². The van der Waals surface area contributed by atoms with Crippen LogP contribution in [0.15, 0.2) is 12.1 Å². The zero-order chi connectivity index (χ0) is 17.0. The molecule has 0 saturated carbocycles. The van der Waals surface area contributed by atoms with Crippen LogP contribution in [-0.2, 0) is 14.3 Å². The first-order valence-electron chi connectivity index (χ1n) is 6.99. The molecule has 1 aromatic rings. The molecular weight excluding hydrogens is 306 g/mol. The van der Waals surface area contributed by atoms with Crippen molar-refractivity contribution in [2.75, 3.05) is 26.6 Å². The summed E-state index contributed by atoms with van der Waals surface area (Å²) in [7, 11) is 4.40. The zero-order valence-electron chi connectivity index (χ0n) is 13.1. The fourth-order valence-electron chi connectivity index (χ4n) is 2.42. The van der Waals surface area contributed by atoms with Gasteiger partial charge in [0.15, 0.2) is 17.6 Å². The van der Waals surface area contributed by atoms with Crippen molar-refractivity contribution in [3.05, 3.63) is 12.1 Å². The lowest BCUT2D eigenvalue weighted by Gasteiger charge is -2.17. The molecule has 0 radical (unpaired) electrons. The normalized spacial score (nSPS) is 20.0. The molecule has 1 aliphatic rings. The molecule has 1 amide bonds. The smallest absolute Gasteiger partial charge is 0.332 e. The third kappa shape index (κ3) is 3.48. The van der Waals surface area contributed by atoms with Gasteiger partial charge in [0.2, 0.25) is 5.75 Å². The fraction of sp³-hybridized carbons (Fsp3) is 0.467. The summed E-state index contributed by atoms with van der Waals surface area (Å²) in [6.45, 7) is 0. The number of hydrogen-bond donors (Lipinski definition) is 2. The lowest BCUT2D eigenvalue weighted by atomic mass is 10.2. The predicted octanol–water partition coefficient (Wildman–Crippen LogP) is 1.28. The number of amides is 1. The summed E-state index contributed by atoms with van der Waals surface area (Å²) in [4.78, 5) is 23.1. The van der Waals surface area contributed by atoms with Crippen molar-refractivity contribution >= 4 is 17.6 Å². The molecule has 1 aliphatic heterocycles. The van der Waals surface area contributed by atoms with Gasteiger partial charge in [-0.25, -0.2) is 4.79 Å². The maximum atomic E-state index is 12.2. The van der Waals surface area contributed by atoms with Crippen LogP contribution in [0.4, 0.5) is 5.69 Å². The van der Waals surface area contributed by atoms with E-state index >= 15 is 0 Å². The Morgan fingerprint density at radius 3 is 2.26 bits per heavy atom. The monoisotopic (exact) mass is 325 g/mol. The average molecular weight is 325 g/mol. The zero-order valence-corrected chi connectivity index (χ0v) is 13.1. The van der Waals surface area contributed by atoms with E-state index in [0.717, 1.165) is 0 Å². The number of aliphatic carboxylic acids is 1. The Kier molecular flexibility index (Phi) is 5.28. The molecule has 1 fully saturated rings. The number of benzene rings is 1. The minimum atomic E-state index is -1.07. The van der Waals surface area contributed by atoms with Crippen molar-refractivity contribution in [2.45, 2.75) is 25.0 Å². The molecule has 2 N–H and O–H groups in total. The predicted molar refractivity (Wildman–Crippen MR) is 80.3 cm³/mol. The molecule has 0 aliphatic carbocycles. The Bertz CT molecular complexity index is 602. The van der Waals surface area contributed by atoms with E-state index in [9.17, 15) is 9.59 Å². The van der Waals surface area contributed by atoms with Gasteiger partial charge in [-0.3, -0.25) is 4.79 Å². The summed E-state index contributed by atoms with van der Waals surface area (Å²) in [6.07, 6.45) is -1.11. The standard InChI is InChI=1S/C15H19NO7/c1-20-9-5-4-8(12(21-2)13(9)22-3)16-14(17)10-6-7-11(23-10)15(18)19/h4-5,10-11H,6-7H2,1-3H3,(H,16,17)(H,18,19)/t10-,11+/m0/s1. The van der Waals surface area contributed by atoms with Gasteiger partial charge >= 0.3 is 5.97 Å². The van der Waals surface area contributed by atoms with Gasteiger partial charge in [-0.1, -0.05) is 0 Å². The Hall–Kier alpha value is -2.48. The molecule has 0 aromatic heterocycles. The summed E-state index contributed by atoms with van der Waals surface area (Å²) in [5.41, 5.74) is 0.387. The highest BCUT2D eigenvalue weighted by atomic mass is 16.5. The van der Waals surface area contributed by atoms with E-state index in [1.54, 1.807) is 12.1 Å². The number of nitrogens with one attached hydrogen (secondary N) is 1. The number of carboxylic acid groups (broad SMARTS) is 1. The van der Waals surface area contributed by atoms with E-state index in [4.69, 9.17) is 24.1 Å². The first-order chi connectivity index (χ1) is 11.0. The van der Waals surface area contributed by atoms with E-state index in [-0.39, 0.29) is 0 Å². The van der Waals surface area contributed by atoms with Gasteiger partial charge in [0, 0.05) is 0 Å². The number of carboxylic acids is 1. The minimum Gasteiger partial charge on any atom is -0.493 e. The highest BCUT2D eigenvalue weighted by Gasteiger charge is 2.35. The van der Waals surface area contributed by atoms with Gasteiger partial charge in [0.1, 0.15) is 6.10 Å². The topological polar surface area (TPSA) is 103 Å². The Morgan fingerprint density at radius 2 is 1.74 bits per heavy atom. The Labute approximate surface area is 133 Å².